The molecule has 1 aromatic heterocycles. The van der Waals surface area contributed by atoms with E-state index in [1.807, 2.05) is 90.4 Å². The molecule has 35 heavy (non-hydrogen) atoms. The molecule has 6 rings (SSSR count). The van der Waals surface area contributed by atoms with Crippen molar-refractivity contribution >= 4 is 17.3 Å². The van der Waals surface area contributed by atoms with Gasteiger partial charge in [0.05, 0.1) is 33.9 Å². The Morgan fingerprint density at radius 3 is 1.63 bits per heavy atom. The number of hydrogen-bond acceptors (Lipinski definition) is 3. The molecule has 5 aromatic rings. The van der Waals surface area contributed by atoms with Crippen molar-refractivity contribution in [2.24, 2.45) is 0 Å². The van der Waals surface area contributed by atoms with Gasteiger partial charge in [-0.1, -0.05) is 96.6 Å². The van der Waals surface area contributed by atoms with E-state index in [2.05, 4.69) is 0 Å². The van der Waals surface area contributed by atoms with Crippen molar-refractivity contribution in [1.29, 1.82) is 0 Å². The fourth-order valence-electron chi connectivity index (χ4n) is 4.95. The predicted molar refractivity (Wildman–Crippen MR) is 139 cm³/mol. The van der Waals surface area contributed by atoms with E-state index in [9.17, 15) is 9.59 Å². The van der Waals surface area contributed by atoms with Gasteiger partial charge in [0.2, 0.25) is 0 Å². The minimum absolute atomic E-state index is 0.156. The van der Waals surface area contributed by atoms with Crippen LogP contribution < -0.4 is 5.73 Å². The molecule has 4 heteroatoms. The monoisotopic (exact) mass is 454 g/mol. The fraction of sp³-hybridized carbons (Fsp3) is 0.0323. The SMILES string of the molecule is Cc1ccc(-c2c3c(c(-c4ccccc4)n2-c2ccccc2N)C(=O)c2ccccc2C3=O)cc1. The minimum atomic E-state index is -0.157. The lowest BCUT2D eigenvalue weighted by Crippen LogP contribution is -2.20. The third-order valence-electron chi connectivity index (χ3n) is 6.59. The van der Waals surface area contributed by atoms with Gasteiger partial charge in [0.25, 0.3) is 0 Å². The van der Waals surface area contributed by atoms with Gasteiger partial charge >= 0.3 is 0 Å². The molecule has 0 saturated heterocycles. The van der Waals surface area contributed by atoms with E-state index in [1.165, 1.54) is 0 Å². The van der Waals surface area contributed by atoms with Crippen LogP contribution in [0.2, 0.25) is 0 Å². The molecule has 168 valence electrons. The van der Waals surface area contributed by atoms with E-state index in [0.29, 0.717) is 39.3 Å². The summed E-state index contributed by atoms with van der Waals surface area (Å²) in [6.07, 6.45) is 0. The van der Waals surface area contributed by atoms with Gasteiger partial charge < -0.3 is 10.3 Å². The smallest absolute Gasteiger partial charge is 0.196 e. The summed E-state index contributed by atoms with van der Waals surface area (Å²) in [5.41, 5.74) is 13.6. The Morgan fingerprint density at radius 2 is 1.06 bits per heavy atom. The molecule has 0 aliphatic heterocycles. The van der Waals surface area contributed by atoms with Crippen LogP contribution in [0.15, 0.2) is 103 Å². The second-order valence-electron chi connectivity index (χ2n) is 8.78. The van der Waals surface area contributed by atoms with Crippen molar-refractivity contribution in [3.8, 4) is 28.2 Å². The highest BCUT2D eigenvalue weighted by atomic mass is 16.1. The first-order valence-electron chi connectivity index (χ1n) is 11.5. The first-order valence-corrected chi connectivity index (χ1v) is 11.5. The Hall–Kier alpha value is -4.70. The average molecular weight is 455 g/mol. The van der Waals surface area contributed by atoms with Crippen LogP contribution in [0.5, 0.6) is 0 Å². The van der Waals surface area contributed by atoms with Gasteiger partial charge in [-0.2, -0.15) is 0 Å². The predicted octanol–water partition coefficient (Wildman–Crippen LogP) is 6.48. The topological polar surface area (TPSA) is 65.1 Å². The number of carbonyl (C=O) groups is 2. The Labute approximate surface area is 203 Å². The maximum atomic E-state index is 14.0. The Bertz CT molecular complexity index is 1630. The van der Waals surface area contributed by atoms with Crippen LogP contribution in [0.3, 0.4) is 0 Å². The van der Waals surface area contributed by atoms with Crippen LogP contribution in [-0.2, 0) is 0 Å². The molecule has 0 unspecified atom stereocenters. The molecule has 4 aromatic carbocycles. The highest BCUT2D eigenvalue weighted by Gasteiger charge is 2.39. The van der Waals surface area contributed by atoms with Crippen molar-refractivity contribution in [2.75, 3.05) is 5.73 Å². The maximum Gasteiger partial charge on any atom is 0.196 e. The maximum absolute atomic E-state index is 14.0. The Morgan fingerprint density at radius 1 is 0.571 bits per heavy atom. The van der Waals surface area contributed by atoms with Gasteiger partial charge in [-0.15, -0.1) is 0 Å². The van der Waals surface area contributed by atoms with Gasteiger partial charge in [-0.05, 0) is 30.2 Å². The van der Waals surface area contributed by atoms with E-state index in [-0.39, 0.29) is 11.6 Å². The Balaban J connectivity index is 1.83. The normalized spacial score (nSPS) is 12.4. The van der Waals surface area contributed by atoms with Gasteiger partial charge in [0.15, 0.2) is 11.6 Å². The summed E-state index contributed by atoms with van der Waals surface area (Å²) < 4.78 is 1.99. The van der Waals surface area contributed by atoms with Crippen molar-refractivity contribution < 1.29 is 9.59 Å². The molecular weight excluding hydrogens is 432 g/mol. The molecule has 0 amide bonds. The molecule has 0 atom stereocenters. The summed E-state index contributed by atoms with van der Waals surface area (Å²) in [4.78, 5) is 28.0. The number of hydrogen-bond donors (Lipinski definition) is 1. The number of nitrogens with zero attached hydrogens (tertiary/aromatic N) is 1. The summed E-state index contributed by atoms with van der Waals surface area (Å²) in [5, 5.41) is 0. The molecule has 0 spiro atoms. The molecule has 0 radical (unpaired) electrons. The number of carbonyl (C=O) groups excluding carboxylic acids is 2. The molecule has 1 heterocycles. The quantitative estimate of drug-likeness (QED) is 0.311. The van der Waals surface area contributed by atoms with Crippen LogP contribution in [0, 0.1) is 6.92 Å². The average Bonchev–Trinajstić information content (AvgIpc) is 3.25. The van der Waals surface area contributed by atoms with Crippen molar-refractivity contribution in [2.45, 2.75) is 6.92 Å². The van der Waals surface area contributed by atoms with Gasteiger partial charge in [-0.3, -0.25) is 9.59 Å². The number of nitrogen functional groups attached to an aromatic ring is 1. The lowest BCUT2D eigenvalue weighted by atomic mass is 9.83. The first-order chi connectivity index (χ1) is 17.1. The summed E-state index contributed by atoms with van der Waals surface area (Å²) in [6, 6.07) is 32.3. The summed E-state index contributed by atoms with van der Waals surface area (Å²) >= 11 is 0. The van der Waals surface area contributed by atoms with Crippen LogP contribution in [0.25, 0.3) is 28.2 Å². The standard InChI is InChI=1S/C31H22N2O2/c1-19-15-17-21(18-16-19)29-27-26(30(34)22-11-5-6-12-23(22)31(27)35)28(20-9-3-2-4-10-20)33(29)25-14-8-7-13-24(25)32/h2-18H,32H2,1H3. The number of anilines is 1. The third kappa shape index (κ3) is 3.15. The molecule has 1 aliphatic rings. The molecule has 0 bridgehead atoms. The van der Waals surface area contributed by atoms with Crippen molar-refractivity contribution in [1.82, 2.24) is 4.57 Å². The van der Waals surface area contributed by atoms with Crippen molar-refractivity contribution in [3.63, 3.8) is 0 Å². The second-order valence-corrected chi connectivity index (χ2v) is 8.78. The minimum Gasteiger partial charge on any atom is -0.397 e. The zero-order chi connectivity index (χ0) is 24.1. The number of rotatable bonds is 3. The molecule has 0 fully saturated rings. The second kappa shape index (κ2) is 7.96. The Kier molecular flexibility index (Phi) is 4.75. The first kappa shape index (κ1) is 20.9. The molecule has 2 N–H and O–H groups in total. The zero-order valence-electron chi connectivity index (χ0n) is 19.2. The summed E-state index contributed by atoms with van der Waals surface area (Å²) in [7, 11) is 0. The van der Waals surface area contributed by atoms with Crippen LogP contribution in [0.4, 0.5) is 5.69 Å². The lowest BCUT2D eigenvalue weighted by Gasteiger charge is -2.17. The highest BCUT2D eigenvalue weighted by Crippen LogP contribution is 2.45. The lowest BCUT2D eigenvalue weighted by molar-refractivity contribution is 0.0981. The molecule has 0 saturated carbocycles. The molecule has 1 aliphatic carbocycles. The van der Waals surface area contributed by atoms with E-state index in [1.54, 1.807) is 24.3 Å². The number of aryl methyl sites for hydroxylation is 1. The van der Waals surface area contributed by atoms with E-state index in [0.717, 1.165) is 22.4 Å². The van der Waals surface area contributed by atoms with E-state index >= 15 is 0 Å². The summed E-state index contributed by atoms with van der Waals surface area (Å²) in [5.74, 6) is -0.313. The van der Waals surface area contributed by atoms with Crippen LogP contribution >= 0.6 is 0 Å². The number of nitrogens with two attached hydrogens (primary N) is 1. The highest BCUT2D eigenvalue weighted by molar-refractivity contribution is 6.32. The molecular formula is C31H22N2O2. The van der Waals surface area contributed by atoms with E-state index in [4.69, 9.17) is 5.73 Å². The van der Waals surface area contributed by atoms with E-state index < -0.39 is 0 Å². The molecule has 4 nitrogen and oxygen atoms in total. The van der Waals surface area contributed by atoms with Gasteiger partial charge in [0, 0.05) is 11.1 Å². The number of ketones is 2. The number of fused-ring (bicyclic) bond motifs is 2. The fourth-order valence-corrected chi connectivity index (χ4v) is 4.95. The third-order valence-corrected chi connectivity index (χ3v) is 6.59. The van der Waals surface area contributed by atoms with Crippen LogP contribution in [0.1, 0.15) is 37.4 Å². The zero-order valence-corrected chi connectivity index (χ0v) is 19.2. The largest absolute Gasteiger partial charge is 0.397 e. The van der Waals surface area contributed by atoms with Crippen LogP contribution in [-0.4, -0.2) is 16.1 Å². The number of aromatic nitrogens is 1. The number of benzene rings is 4. The van der Waals surface area contributed by atoms with Gasteiger partial charge in [-0.25, -0.2) is 0 Å². The van der Waals surface area contributed by atoms with Crippen molar-refractivity contribution in [3.05, 3.63) is 131 Å². The van der Waals surface area contributed by atoms with Gasteiger partial charge in [0.1, 0.15) is 0 Å². The number of para-hydroxylation sites is 2. The summed E-state index contributed by atoms with van der Waals surface area (Å²) in [6.45, 7) is 2.02.